The first-order valence-electron chi connectivity index (χ1n) is 6.02. The van der Waals surface area contributed by atoms with E-state index in [9.17, 15) is 0 Å². The molecule has 17 heavy (non-hydrogen) atoms. The normalized spacial score (nSPS) is 10.4. The molecule has 0 aromatic heterocycles. The molecule has 0 saturated carbocycles. The quantitative estimate of drug-likeness (QED) is 0.697. The lowest BCUT2D eigenvalue weighted by Crippen LogP contribution is -1.89. The van der Waals surface area contributed by atoms with Crippen LogP contribution < -0.4 is 0 Å². The van der Waals surface area contributed by atoms with Crippen LogP contribution in [0.3, 0.4) is 0 Å². The van der Waals surface area contributed by atoms with E-state index < -0.39 is 0 Å². The summed E-state index contributed by atoms with van der Waals surface area (Å²) < 4.78 is 0. The first-order valence-corrected chi connectivity index (χ1v) is 7.17. The van der Waals surface area contributed by atoms with Gasteiger partial charge in [0.25, 0.3) is 0 Å². The number of thioether (sulfide) groups is 1. The molecule has 0 nitrogen and oxygen atoms in total. The van der Waals surface area contributed by atoms with E-state index >= 15 is 0 Å². The van der Waals surface area contributed by atoms with Gasteiger partial charge >= 0.3 is 0 Å². The van der Waals surface area contributed by atoms with Gasteiger partial charge in [0.05, 0.1) is 0 Å². The number of benzene rings is 2. The van der Waals surface area contributed by atoms with Gasteiger partial charge in [0.2, 0.25) is 0 Å². The smallest absolute Gasteiger partial charge is 0.0184 e. The average Bonchev–Trinajstić information content (AvgIpc) is 2.38. The summed E-state index contributed by atoms with van der Waals surface area (Å²) in [4.78, 5) is 0. The predicted octanol–water partition coefficient (Wildman–Crippen LogP) is 4.47. The van der Waals surface area contributed by atoms with Crippen molar-refractivity contribution in [1.82, 2.24) is 0 Å². The van der Waals surface area contributed by atoms with E-state index in [1.165, 1.54) is 22.4 Å². The zero-order valence-electron chi connectivity index (χ0n) is 10.2. The molecule has 0 atom stereocenters. The Morgan fingerprint density at radius 1 is 0.824 bits per heavy atom. The van der Waals surface area contributed by atoms with Gasteiger partial charge in [-0.25, -0.2) is 0 Å². The first-order chi connectivity index (χ1) is 8.34. The molecule has 0 amide bonds. The zero-order chi connectivity index (χ0) is 11.9. The van der Waals surface area contributed by atoms with Gasteiger partial charge in [-0.2, -0.15) is 11.8 Å². The minimum atomic E-state index is 1.12. The Kier molecular flexibility index (Phi) is 4.69. The summed E-state index contributed by atoms with van der Waals surface area (Å²) in [5, 5.41) is 0. The second-order valence-corrected chi connectivity index (χ2v) is 5.38. The summed E-state index contributed by atoms with van der Waals surface area (Å²) in [6, 6.07) is 19.5. The molecule has 0 spiro atoms. The summed E-state index contributed by atoms with van der Waals surface area (Å²) in [5.74, 6) is 2.31. The fraction of sp³-hybridized carbons (Fsp3) is 0.250. The molecule has 2 rings (SSSR count). The predicted molar refractivity (Wildman–Crippen MR) is 77.5 cm³/mol. The van der Waals surface area contributed by atoms with Crippen LogP contribution in [0.1, 0.15) is 16.7 Å². The van der Waals surface area contributed by atoms with E-state index in [2.05, 4.69) is 61.5 Å². The van der Waals surface area contributed by atoms with Crippen molar-refractivity contribution in [2.45, 2.75) is 19.1 Å². The van der Waals surface area contributed by atoms with Crippen molar-refractivity contribution in [3.8, 4) is 0 Å². The minimum Gasteiger partial charge on any atom is -0.157 e. The maximum absolute atomic E-state index is 2.23. The van der Waals surface area contributed by atoms with Gasteiger partial charge in [-0.3, -0.25) is 0 Å². The van der Waals surface area contributed by atoms with Crippen LogP contribution in [0.2, 0.25) is 0 Å². The Morgan fingerprint density at radius 3 is 2.24 bits per heavy atom. The Hall–Kier alpha value is -1.21. The van der Waals surface area contributed by atoms with Gasteiger partial charge in [-0.1, -0.05) is 60.2 Å². The van der Waals surface area contributed by atoms with E-state index in [1.54, 1.807) is 0 Å². The van der Waals surface area contributed by atoms with Crippen molar-refractivity contribution >= 4 is 11.8 Å². The molecule has 0 heterocycles. The fourth-order valence-corrected chi connectivity index (χ4v) is 2.66. The first kappa shape index (κ1) is 12.3. The third kappa shape index (κ3) is 4.27. The van der Waals surface area contributed by atoms with Crippen LogP contribution >= 0.6 is 11.8 Å². The van der Waals surface area contributed by atoms with Crippen LogP contribution in [0, 0.1) is 6.92 Å². The summed E-state index contributed by atoms with van der Waals surface area (Å²) in [6.07, 6.45) is 1.16. The average molecular weight is 242 g/mol. The molecule has 0 saturated heterocycles. The van der Waals surface area contributed by atoms with Crippen molar-refractivity contribution in [2.75, 3.05) is 5.75 Å². The highest BCUT2D eigenvalue weighted by atomic mass is 32.2. The van der Waals surface area contributed by atoms with Crippen LogP contribution in [-0.4, -0.2) is 5.75 Å². The third-order valence-corrected chi connectivity index (χ3v) is 3.80. The molecule has 0 radical (unpaired) electrons. The van der Waals surface area contributed by atoms with E-state index in [4.69, 9.17) is 0 Å². The van der Waals surface area contributed by atoms with E-state index in [-0.39, 0.29) is 0 Å². The molecule has 88 valence electrons. The lowest BCUT2D eigenvalue weighted by molar-refractivity contribution is 1.15. The molecule has 2 aromatic carbocycles. The SMILES string of the molecule is Cc1ccc(CSCCc2ccccc2)cc1. The van der Waals surface area contributed by atoms with Gasteiger partial charge in [0.15, 0.2) is 0 Å². The molecular weight excluding hydrogens is 224 g/mol. The molecule has 0 aliphatic carbocycles. The monoisotopic (exact) mass is 242 g/mol. The molecule has 0 aliphatic rings. The molecular formula is C16H18S. The van der Waals surface area contributed by atoms with E-state index in [0.717, 1.165) is 12.2 Å². The molecule has 0 N–H and O–H groups in total. The second kappa shape index (κ2) is 6.51. The largest absolute Gasteiger partial charge is 0.157 e. The maximum atomic E-state index is 2.23. The highest BCUT2D eigenvalue weighted by Gasteiger charge is 1.95. The Morgan fingerprint density at radius 2 is 1.53 bits per heavy atom. The molecule has 0 bridgehead atoms. The number of hydrogen-bond donors (Lipinski definition) is 0. The van der Waals surface area contributed by atoms with Crippen LogP contribution in [0.5, 0.6) is 0 Å². The standard InChI is InChI=1S/C16H18S/c1-14-7-9-16(10-8-14)13-17-12-11-15-5-3-2-4-6-15/h2-10H,11-13H2,1H3. The van der Waals surface area contributed by atoms with Crippen molar-refractivity contribution in [3.05, 3.63) is 71.3 Å². The van der Waals surface area contributed by atoms with Gasteiger partial charge < -0.3 is 0 Å². The maximum Gasteiger partial charge on any atom is 0.0184 e. The Bertz CT molecular complexity index is 431. The van der Waals surface area contributed by atoms with Crippen molar-refractivity contribution < 1.29 is 0 Å². The molecule has 1 heteroatoms. The number of hydrogen-bond acceptors (Lipinski definition) is 1. The summed E-state index contributed by atoms with van der Waals surface area (Å²) >= 11 is 2.01. The van der Waals surface area contributed by atoms with Crippen LogP contribution in [0.15, 0.2) is 54.6 Å². The summed E-state index contributed by atoms with van der Waals surface area (Å²) in [5.41, 5.74) is 4.20. The number of rotatable bonds is 5. The Balaban J connectivity index is 1.71. The lowest BCUT2D eigenvalue weighted by atomic mass is 10.2. The van der Waals surface area contributed by atoms with Crippen LogP contribution in [-0.2, 0) is 12.2 Å². The molecule has 2 aromatic rings. The highest BCUT2D eigenvalue weighted by molar-refractivity contribution is 7.98. The van der Waals surface area contributed by atoms with Crippen molar-refractivity contribution in [2.24, 2.45) is 0 Å². The molecule has 0 unspecified atom stereocenters. The highest BCUT2D eigenvalue weighted by Crippen LogP contribution is 2.14. The second-order valence-electron chi connectivity index (χ2n) is 4.27. The molecule has 0 aliphatic heterocycles. The van der Waals surface area contributed by atoms with Crippen molar-refractivity contribution in [3.63, 3.8) is 0 Å². The van der Waals surface area contributed by atoms with Gasteiger partial charge in [0.1, 0.15) is 0 Å². The fourth-order valence-electron chi connectivity index (χ4n) is 1.71. The lowest BCUT2D eigenvalue weighted by Gasteiger charge is -2.03. The van der Waals surface area contributed by atoms with Crippen molar-refractivity contribution in [1.29, 1.82) is 0 Å². The van der Waals surface area contributed by atoms with E-state index in [0.29, 0.717) is 0 Å². The van der Waals surface area contributed by atoms with Gasteiger partial charge in [0, 0.05) is 5.75 Å². The summed E-state index contributed by atoms with van der Waals surface area (Å²) in [6.45, 7) is 2.13. The van der Waals surface area contributed by atoms with Crippen LogP contribution in [0.4, 0.5) is 0 Å². The zero-order valence-corrected chi connectivity index (χ0v) is 11.0. The summed E-state index contributed by atoms with van der Waals surface area (Å²) in [7, 11) is 0. The third-order valence-electron chi connectivity index (χ3n) is 2.77. The van der Waals surface area contributed by atoms with Gasteiger partial charge in [-0.15, -0.1) is 0 Å². The number of aryl methyl sites for hydroxylation is 2. The minimum absolute atomic E-state index is 1.12. The Labute approximate surface area is 108 Å². The van der Waals surface area contributed by atoms with Gasteiger partial charge in [-0.05, 0) is 30.2 Å². The van der Waals surface area contributed by atoms with E-state index in [1.807, 2.05) is 11.8 Å². The molecule has 0 fully saturated rings. The topological polar surface area (TPSA) is 0 Å². The van der Waals surface area contributed by atoms with Crippen LogP contribution in [0.25, 0.3) is 0 Å².